The third kappa shape index (κ3) is 2.40. The van der Waals surface area contributed by atoms with Crippen molar-refractivity contribution >= 4 is 8.07 Å². The third-order valence-electron chi connectivity index (χ3n) is 3.79. The molecule has 1 unspecified atom stereocenters. The van der Waals surface area contributed by atoms with Gasteiger partial charge >= 0.3 is 0 Å². The molecule has 1 saturated heterocycles. The predicted octanol–water partition coefficient (Wildman–Crippen LogP) is 3.59. The van der Waals surface area contributed by atoms with Crippen LogP contribution in [0, 0.1) is 0 Å². The van der Waals surface area contributed by atoms with Crippen molar-refractivity contribution in [2.45, 2.75) is 70.9 Å². The number of rotatable bonds is 2. The molecule has 0 radical (unpaired) electrons. The summed E-state index contributed by atoms with van der Waals surface area (Å²) in [6.07, 6.45) is 1.40. The van der Waals surface area contributed by atoms with Crippen LogP contribution in [-0.2, 0) is 0 Å². The number of hydrogen-bond acceptors (Lipinski definition) is 1. The third-order valence-corrected chi connectivity index (χ3v) is 6.62. The summed E-state index contributed by atoms with van der Waals surface area (Å²) in [6.45, 7) is 18.3. The van der Waals surface area contributed by atoms with Gasteiger partial charge in [-0.3, -0.25) is 4.90 Å². The van der Waals surface area contributed by atoms with Crippen molar-refractivity contribution in [3.63, 3.8) is 0 Å². The molecule has 1 aliphatic rings. The zero-order valence-electron chi connectivity index (χ0n) is 11.0. The monoisotopic (exact) mass is 213 g/mol. The zero-order valence-corrected chi connectivity index (χ0v) is 12.0. The molecule has 0 aromatic rings. The summed E-state index contributed by atoms with van der Waals surface area (Å²) >= 11 is 0. The molecular formula is C12H27NSi. The van der Waals surface area contributed by atoms with Crippen molar-refractivity contribution < 1.29 is 0 Å². The number of likely N-dealkylation sites (tertiary alicyclic amines) is 1. The maximum atomic E-state index is 2.69. The second kappa shape index (κ2) is 3.64. The molecule has 0 aromatic carbocycles. The molecule has 14 heavy (non-hydrogen) atoms. The predicted molar refractivity (Wildman–Crippen MR) is 67.6 cm³/mol. The van der Waals surface area contributed by atoms with Crippen LogP contribution >= 0.6 is 0 Å². The van der Waals surface area contributed by atoms with Crippen LogP contribution in [0.15, 0.2) is 0 Å². The van der Waals surface area contributed by atoms with Crippen molar-refractivity contribution in [3.05, 3.63) is 0 Å². The van der Waals surface area contributed by atoms with Crippen molar-refractivity contribution in [1.29, 1.82) is 0 Å². The van der Waals surface area contributed by atoms with Crippen LogP contribution in [0.25, 0.3) is 0 Å². The average Bonchev–Trinajstić information content (AvgIpc) is 2.23. The molecule has 1 fully saturated rings. The molecule has 1 heterocycles. The Labute approximate surface area is 90.9 Å². The van der Waals surface area contributed by atoms with Gasteiger partial charge in [-0.05, 0) is 46.2 Å². The Morgan fingerprint density at radius 1 is 1.21 bits per heavy atom. The smallest absolute Gasteiger partial charge is 0.0488 e. The molecule has 1 atom stereocenters. The van der Waals surface area contributed by atoms with Crippen molar-refractivity contribution in [2.24, 2.45) is 0 Å². The highest BCUT2D eigenvalue weighted by atomic mass is 28.3. The highest BCUT2D eigenvalue weighted by Gasteiger charge is 2.44. The second-order valence-electron chi connectivity index (χ2n) is 6.83. The largest absolute Gasteiger partial charge is 0.296 e. The van der Waals surface area contributed by atoms with Gasteiger partial charge in [0.2, 0.25) is 0 Å². The van der Waals surface area contributed by atoms with Gasteiger partial charge < -0.3 is 0 Å². The van der Waals surface area contributed by atoms with Crippen molar-refractivity contribution in [3.8, 4) is 0 Å². The van der Waals surface area contributed by atoms with Crippen molar-refractivity contribution in [2.75, 3.05) is 6.54 Å². The minimum Gasteiger partial charge on any atom is -0.296 e. The highest BCUT2D eigenvalue weighted by molar-refractivity contribution is 6.77. The normalized spacial score (nSPS) is 28.7. The lowest BCUT2D eigenvalue weighted by Gasteiger charge is -2.34. The molecule has 1 aliphatic heterocycles. The summed E-state index contributed by atoms with van der Waals surface area (Å²) in [5.74, 6) is 0. The zero-order chi connectivity index (χ0) is 11.1. The van der Waals surface area contributed by atoms with Gasteiger partial charge in [-0.1, -0.05) is 19.6 Å². The van der Waals surface area contributed by atoms with E-state index in [9.17, 15) is 0 Å². The molecule has 0 saturated carbocycles. The molecule has 0 amide bonds. The van der Waals surface area contributed by atoms with E-state index >= 15 is 0 Å². The van der Waals surface area contributed by atoms with E-state index in [1.165, 1.54) is 13.0 Å². The number of nitrogens with zero attached hydrogens (tertiary/aromatic N) is 1. The van der Waals surface area contributed by atoms with Gasteiger partial charge in [0, 0.05) is 19.7 Å². The molecule has 1 rings (SSSR count). The summed E-state index contributed by atoms with van der Waals surface area (Å²) in [4.78, 5) is 2.69. The Hall–Kier alpha value is 0.177. The first-order valence-corrected chi connectivity index (χ1v) is 9.49. The lowest BCUT2D eigenvalue weighted by atomic mass is 10.0. The Balaban J connectivity index is 2.77. The topological polar surface area (TPSA) is 3.24 Å². The van der Waals surface area contributed by atoms with Gasteiger partial charge in [-0.2, -0.15) is 0 Å². The molecule has 0 bridgehead atoms. The first-order chi connectivity index (χ1) is 6.14. The summed E-state index contributed by atoms with van der Waals surface area (Å²) in [6, 6.07) is 0.700. The average molecular weight is 213 g/mol. The van der Waals surface area contributed by atoms with E-state index in [-0.39, 0.29) is 0 Å². The fraction of sp³-hybridized carbons (Fsp3) is 1.00. The summed E-state index contributed by atoms with van der Waals surface area (Å²) in [7, 11) is -0.942. The van der Waals surface area contributed by atoms with E-state index in [1.54, 1.807) is 0 Å². The minimum absolute atomic E-state index is 0.430. The van der Waals surface area contributed by atoms with E-state index < -0.39 is 8.07 Å². The van der Waals surface area contributed by atoms with Gasteiger partial charge in [0.15, 0.2) is 0 Å². The maximum absolute atomic E-state index is 2.69. The van der Waals surface area contributed by atoms with Gasteiger partial charge in [-0.25, -0.2) is 0 Å². The standard InChI is InChI=1S/C12H27NSi/c1-10(2)13-9-11(14(5,6)7)8-12(13,3)4/h10-11H,8-9H2,1-7H3. The Morgan fingerprint density at radius 3 is 1.93 bits per heavy atom. The first-order valence-electron chi connectivity index (χ1n) is 5.91. The van der Waals surface area contributed by atoms with E-state index in [2.05, 4.69) is 52.2 Å². The highest BCUT2D eigenvalue weighted by Crippen LogP contribution is 2.42. The maximum Gasteiger partial charge on any atom is 0.0488 e. The molecule has 2 heteroatoms. The van der Waals surface area contributed by atoms with Crippen LogP contribution in [-0.4, -0.2) is 31.1 Å². The van der Waals surface area contributed by atoms with Crippen LogP contribution in [0.5, 0.6) is 0 Å². The Morgan fingerprint density at radius 2 is 1.71 bits per heavy atom. The minimum atomic E-state index is -0.942. The summed E-state index contributed by atoms with van der Waals surface area (Å²) < 4.78 is 0. The molecule has 0 N–H and O–H groups in total. The fourth-order valence-corrected chi connectivity index (χ4v) is 4.62. The quantitative estimate of drug-likeness (QED) is 0.634. The van der Waals surface area contributed by atoms with E-state index in [0.717, 1.165) is 5.54 Å². The molecule has 0 aromatic heterocycles. The van der Waals surface area contributed by atoms with Gasteiger partial charge in [0.25, 0.3) is 0 Å². The van der Waals surface area contributed by atoms with Crippen LogP contribution in [0.1, 0.15) is 34.1 Å². The summed E-state index contributed by atoms with van der Waals surface area (Å²) in [5.41, 5.74) is 1.42. The van der Waals surface area contributed by atoms with Crippen LogP contribution in [0.3, 0.4) is 0 Å². The Kier molecular flexibility index (Phi) is 3.18. The molecule has 84 valence electrons. The van der Waals surface area contributed by atoms with E-state index in [0.29, 0.717) is 11.6 Å². The van der Waals surface area contributed by atoms with Crippen molar-refractivity contribution in [1.82, 2.24) is 4.90 Å². The first kappa shape index (κ1) is 12.2. The molecular weight excluding hydrogens is 186 g/mol. The van der Waals surface area contributed by atoms with Gasteiger partial charge in [0.05, 0.1) is 0 Å². The van der Waals surface area contributed by atoms with Gasteiger partial charge in [-0.15, -0.1) is 0 Å². The lowest BCUT2D eigenvalue weighted by Crippen LogP contribution is -2.42. The molecule has 0 aliphatic carbocycles. The Bertz CT molecular complexity index is 203. The SMILES string of the molecule is CC(C)N1CC([Si](C)(C)C)CC1(C)C. The molecule has 0 spiro atoms. The van der Waals surface area contributed by atoms with Crippen LogP contribution < -0.4 is 0 Å². The van der Waals surface area contributed by atoms with E-state index in [4.69, 9.17) is 0 Å². The van der Waals surface area contributed by atoms with Gasteiger partial charge in [0.1, 0.15) is 0 Å². The fourth-order valence-electron chi connectivity index (χ4n) is 2.76. The van der Waals surface area contributed by atoms with E-state index in [1.807, 2.05) is 0 Å². The van der Waals surface area contributed by atoms with Crippen LogP contribution in [0.2, 0.25) is 25.2 Å². The van der Waals surface area contributed by atoms with Crippen LogP contribution in [0.4, 0.5) is 0 Å². The number of hydrogen-bond donors (Lipinski definition) is 0. The summed E-state index contributed by atoms with van der Waals surface area (Å²) in [5, 5.41) is 0. The lowest BCUT2D eigenvalue weighted by molar-refractivity contribution is 0.135. The molecule has 1 nitrogen and oxygen atoms in total. The second-order valence-corrected chi connectivity index (χ2v) is 12.4.